The Balaban J connectivity index is 1.60. The molecule has 1 saturated heterocycles. The van der Waals surface area contributed by atoms with Crippen molar-refractivity contribution in [3.63, 3.8) is 0 Å². The van der Waals surface area contributed by atoms with E-state index in [1.54, 1.807) is 0 Å². The average Bonchev–Trinajstić information content (AvgIpc) is 3.31. The lowest BCUT2D eigenvalue weighted by atomic mass is 9.70. The van der Waals surface area contributed by atoms with Crippen LogP contribution < -0.4 is 0 Å². The number of carbonyl (C=O) groups excluding carboxylic acids is 2. The molecule has 2 fully saturated rings. The number of aryl methyl sites for hydroxylation is 1. The van der Waals surface area contributed by atoms with Crippen molar-refractivity contribution in [3.05, 3.63) is 34.9 Å². The third-order valence-electron chi connectivity index (χ3n) is 5.50. The molecule has 116 valence electrons. The molecule has 1 unspecified atom stereocenters. The van der Waals surface area contributed by atoms with E-state index in [0.717, 1.165) is 38.6 Å². The van der Waals surface area contributed by atoms with Crippen LogP contribution in [0, 0.1) is 5.41 Å². The summed E-state index contributed by atoms with van der Waals surface area (Å²) in [5.74, 6) is 0.0815. The number of hydrogen-bond acceptors (Lipinski definition) is 3. The maximum Gasteiger partial charge on any atom is 0.223 e. The molecule has 1 aromatic rings. The molecule has 0 bridgehead atoms. The largest absolute Gasteiger partial charge is 0.388 e. The van der Waals surface area contributed by atoms with Crippen molar-refractivity contribution in [1.29, 1.82) is 0 Å². The van der Waals surface area contributed by atoms with E-state index < -0.39 is 6.61 Å². The normalized spacial score (nSPS) is 27.3. The zero-order valence-corrected chi connectivity index (χ0v) is 12.7. The number of likely N-dealkylation sites (tertiary alicyclic amines) is 1. The van der Waals surface area contributed by atoms with Gasteiger partial charge in [-0.05, 0) is 49.3 Å². The zero-order valence-electron chi connectivity index (χ0n) is 12.7. The van der Waals surface area contributed by atoms with Gasteiger partial charge in [0.05, 0.1) is 0 Å². The second-order valence-corrected chi connectivity index (χ2v) is 7.17. The van der Waals surface area contributed by atoms with Crippen molar-refractivity contribution < 1.29 is 14.7 Å². The topological polar surface area (TPSA) is 57.6 Å². The summed E-state index contributed by atoms with van der Waals surface area (Å²) in [4.78, 5) is 26.1. The van der Waals surface area contributed by atoms with Crippen LogP contribution in [0.15, 0.2) is 18.2 Å². The minimum Gasteiger partial charge on any atom is -0.388 e. The van der Waals surface area contributed by atoms with Crippen LogP contribution in [0.5, 0.6) is 0 Å². The summed E-state index contributed by atoms with van der Waals surface area (Å²) in [7, 11) is 0. The first kappa shape index (κ1) is 13.9. The standard InChI is InChI=1S/C18H21NO3/c20-10-16(21)13-2-1-12-5-6-18(8-14(12)7-13)9-17(22)19(11-18)15-3-4-15/h1-2,7,15,20H,3-6,8-11H2. The van der Waals surface area contributed by atoms with Gasteiger partial charge in [0.1, 0.15) is 6.61 Å². The van der Waals surface area contributed by atoms with Gasteiger partial charge in [-0.2, -0.15) is 0 Å². The molecule has 0 aromatic heterocycles. The minimum absolute atomic E-state index is 0.0631. The molecule has 1 aliphatic heterocycles. The van der Waals surface area contributed by atoms with E-state index in [1.807, 2.05) is 18.2 Å². The van der Waals surface area contributed by atoms with Crippen LogP contribution in [0.3, 0.4) is 0 Å². The molecule has 2 aliphatic carbocycles. The maximum atomic E-state index is 12.3. The highest BCUT2D eigenvalue weighted by molar-refractivity contribution is 5.97. The summed E-state index contributed by atoms with van der Waals surface area (Å²) < 4.78 is 0. The summed E-state index contributed by atoms with van der Waals surface area (Å²) in [6, 6.07) is 6.25. The maximum absolute atomic E-state index is 12.3. The van der Waals surface area contributed by atoms with Crippen LogP contribution in [0.2, 0.25) is 0 Å². The van der Waals surface area contributed by atoms with Gasteiger partial charge in [0.2, 0.25) is 5.91 Å². The highest BCUT2D eigenvalue weighted by Crippen LogP contribution is 2.46. The van der Waals surface area contributed by atoms with E-state index >= 15 is 0 Å². The third-order valence-corrected chi connectivity index (χ3v) is 5.50. The predicted molar refractivity (Wildman–Crippen MR) is 81.7 cm³/mol. The van der Waals surface area contributed by atoms with E-state index in [2.05, 4.69) is 4.90 Å². The average molecular weight is 299 g/mol. The number of hydrogen-bond donors (Lipinski definition) is 1. The Morgan fingerprint density at radius 3 is 2.82 bits per heavy atom. The number of Topliss-reactive ketones (excluding diaryl/α,β-unsaturated/α-hetero) is 1. The van der Waals surface area contributed by atoms with Gasteiger partial charge in [-0.15, -0.1) is 0 Å². The van der Waals surface area contributed by atoms with Gasteiger partial charge >= 0.3 is 0 Å². The Bertz CT molecular complexity index is 650. The van der Waals surface area contributed by atoms with E-state index in [4.69, 9.17) is 5.11 Å². The second kappa shape index (κ2) is 4.92. The summed E-state index contributed by atoms with van der Waals surface area (Å²) in [6.45, 7) is 0.436. The van der Waals surface area contributed by atoms with Gasteiger partial charge in [0.15, 0.2) is 5.78 Å². The molecule has 1 saturated carbocycles. The number of carbonyl (C=O) groups is 2. The van der Waals surface area contributed by atoms with E-state index in [-0.39, 0.29) is 11.2 Å². The summed E-state index contributed by atoms with van der Waals surface area (Å²) in [5.41, 5.74) is 3.13. The second-order valence-electron chi connectivity index (χ2n) is 7.17. The number of rotatable bonds is 3. The first-order valence-corrected chi connectivity index (χ1v) is 8.16. The molecule has 4 heteroatoms. The predicted octanol–water partition coefficient (Wildman–Crippen LogP) is 1.73. The Morgan fingerprint density at radius 2 is 2.09 bits per heavy atom. The highest BCUT2D eigenvalue weighted by atomic mass is 16.3. The van der Waals surface area contributed by atoms with E-state index in [9.17, 15) is 9.59 Å². The van der Waals surface area contributed by atoms with E-state index in [1.165, 1.54) is 11.1 Å². The van der Waals surface area contributed by atoms with Gasteiger partial charge in [-0.3, -0.25) is 9.59 Å². The molecule has 22 heavy (non-hydrogen) atoms. The van der Waals surface area contributed by atoms with Crippen LogP contribution >= 0.6 is 0 Å². The molecule has 1 spiro atoms. The Labute approximate surface area is 130 Å². The summed E-state index contributed by atoms with van der Waals surface area (Å²) in [5, 5.41) is 9.03. The van der Waals surface area contributed by atoms with Crippen LogP contribution in [0.4, 0.5) is 0 Å². The van der Waals surface area contributed by atoms with Crippen molar-refractivity contribution in [1.82, 2.24) is 4.90 Å². The molecule has 1 aromatic carbocycles. The van der Waals surface area contributed by atoms with Crippen LogP contribution in [0.1, 0.15) is 47.2 Å². The Morgan fingerprint density at radius 1 is 1.27 bits per heavy atom. The number of amides is 1. The first-order chi connectivity index (χ1) is 10.6. The first-order valence-electron chi connectivity index (χ1n) is 8.16. The van der Waals surface area contributed by atoms with E-state index in [0.29, 0.717) is 23.9 Å². The van der Waals surface area contributed by atoms with Crippen molar-refractivity contribution in [2.45, 2.75) is 44.6 Å². The summed E-state index contributed by atoms with van der Waals surface area (Å²) >= 11 is 0. The molecular formula is C18H21NO3. The van der Waals surface area contributed by atoms with Crippen LogP contribution in [0.25, 0.3) is 0 Å². The molecule has 1 amide bonds. The lowest BCUT2D eigenvalue weighted by Gasteiger charge is -2.34. The van der Waals surface area contributed by atoms with Crippen molar-refractivity contribution in [2.24, 2.45) is 5.41 Å². The molecule has 1 heterocycles. The third kappa shape index (κ3) is 2.26. The number of nitrogens with zero attached hydrogens (tertiary/aromatic N) is 1. The number of fused-ring (bicyclic) bond motifs is 1. The van der Waals surface area contributed by atoms with Gasteiger partial charge in [-0.1, -0.05) is 12.1 Å². The van der Waals surface area contributed by atoms with Crippen molar-refractivity contribution in [3.8, 4) is 0 Å². The fraction of sp³-hybridized carbons (Fsp3) is 0.556. The minimum atomic E-state index is -0.447. The fourth-order valence-corrected chi connectivity index (χ4v) is 4.12. The van der Waals surface area contributed by atoms with Gasteiger partial charge in [0.25, 0.3) is 0 Å². The van der Waals surface area contributed by atoms with Crippen molar-refractivity contribution in [2.75, 3.05) is 13.2 Å². The molecule has 4 rings (SSSR count). The summed E-state index contributed by atoms with van der Waals surface area (Å²) in [6.07, 6.45) is 5.89. The number of aliphatic hydroxyl groups excluding tert-OH is 1. The quantitative estimate of drug-likeness (QED) is 0.865. The zero-order chi connectivity index (χ0) is 15.3. The van der Waals surface area contributed by atoms with Gasteiger partial charge in [0, 0.05) is 30.0 Å². The van der Waals surface area contributed by atoms with Gasteiger partial charge in [-0.25, -0.2) is 0 Å². The molecule has 1 N–H and O–H groups in total. The fourth-order valence-electron chi connectivity index (χ4n) is 4.12. The molecule has 1 atom stereocenters. The lowest BCUT2D eigenvalue weighted by Crippen LogP contribution is -2.34. The number of benzene rings is 1. The lowest BCUT2D eigenvalue weighted by molar-refractivity contribution is -0.128. The Hall–Kier alpha value is -1.68. The SMILES string of the molecule is O=C(CO)c1ccc2c(c1)CC1(CC2)CC(=O)N(C2CC2)C1. The molecular weight excluding hydrogens is 278 g/mol. The number of aliphatic hydroxyl groups is 1. The monoisotopic (exact) mass is 299 g/mol. The van der Waals surface area contributed by atoms with Crippen molar-refractivity contribution >= 4 is 11.7 Å². The number of ketones is 1. The highest BCUT2D eigenvalue weighted by Gasteiger charge is 2.48. The molecule has 0 radical (unpaired) electrons. The molecule has 4 nitrogen and oxygen atoms in total. The van der Waals surface area contributed by atoms with Gasteiger partial charge < -0.3 is 10.0 Å². The van der Waals surface area contributed by atoms with Crippen LogP contribution in [-0.2, 0) is 17.6 Å². The Kier molecular flexibility index (Phi) is 3.12. The molecule has 3 aliphatic rings. The smallest absolute Gasteiger partial charge is 0.223 e. The van der Waals surface area contributed by atoms with Crippen LogP contribution in [-0.4, -0.2) is 40.9 Å².